The Hall–Kier alpha value is -2.55. The summed E-state index contributed by atoms with van der Waals surface area (Å²) in [6.07, 6.45) is 1.36. The highest BCUT2D eigenvalue weighted by atomic mass is 32.2. The molecule has 0 fully saturated rings. The molecule has 1 atom stereocenters. The van der Waals surface area contributed by atoms with E-state index in [1.807, 2.05) is 49.9 Å². The summed E-state index contributed by atoms with van der Waals surface area (Å²) in [6, 6.07) is 14.6. The number of halogens is 1. The molecule has 4 rings (SSSR count). The van der Waals surface area contributed by atoms with Gasteiger partial charge in [0.1, 0.15) is 5.82 Å². The van der Waals surface area contributed by atoms with E-state index in [1.54, 1.807) is 11.3 Å². The molecule has 186 valence electrons. The van der Waals surface area contributed by atoms with Crippen molar-refractivity contribution < 1.29 is 17.6 Å². The number of sulfonamides is 1. The third-order valence-corrected chi connectivity index (χ3v) is 9.34. The van der Waals surface area contributed by atoms with Crippen LogP contribution in [0.2, 0.25) is 0 Å². The van der Waals surface area contributed by atoms with Crippen LogP contribution in [-0.4, -0.2) is 43.2 Å². The summed E-state index contributed by atoms with van der Waals surface area (Å²) in [6.45, 7) is 6.55. The molecule has 1 aliphatic rings. The van der Waals surface area contributed by atoms with Gasteiger partial charge >= 0.3 is 0 Å². The number of carbonyl (C=O) groups is 1. The summed E-state index contributed by atoms with van der Waals surface area (Å²) in [4.78, 5) is 16.8. The van der Waals surface area contributed by atoms with Gasteiger partial charge in [-0.2, -0.15) is 4.31 Å². The zero-order valence-electron chi connectivity index (χ0n) is 20.3. The van der Waals surface area contributed by atoms with Gasteiger partial charge in [0, 0.05) is 18.0 Å². The standard InChI is InChI=1S/C27H31FN2O3S2/c1-19(2)12-15-29(35(32,33)22-10-8-21(28)9-11-22)18-26(31)30-16-13-25-24(14-17-34-25)27(30)23-7-5-4-6-20(23)3/h4-11,14,17,19,27H,12-13,15-16,18H2,1-3H3. The van der Waals surface area contributed by atoms with E-state index in [0.717, 1.165) is 35.2 Å². The van der Waals surface area contributed by atoms with Crippen molar-refractivity contribution in [3.63, 3.8) is 0 Å². The van der Waals surface area contributed by atoms with Gasteiger partial charge in [0.2, 0.25) is 15.9 Å². The van der Waals surface area contributed by atoms with Crippen LogP contribution in [0.4, 0.5) is 4.39 Å². The lowest BCUT2D eigenvalue weighted by Gasteiger charge is -2.38. The SMILES string of the molecule is Cc1ccccc1C1c2ccsc2CCN1C(=O)CN(CCC(C)C)S(=O)(=O)c1ccc(F)cc1. The molecule has 1 amide bonds. The lowest BCUT2D eigenvalue weighted by atomic mass is 9.90. The van der Waals surface area contributed by atoms with Crippen LogP contribution in [0.5, 0.6) is 0 Å². The smallest absolute Gasteiger partial charge is 0.243 e. The minimum absolute atomic E-state index is 0.00956. The molecular weight excluding hydrogens is 483 g/mol. The van der Waals surface area contributed by atoms with E-state index in [1.165, 1.54) is 21.3 Å². The van der Waals surface area contributed by atoms with Crippen molar-refractivity contribution in [1.82, 2.24) is 9.21 Å². The number of hydrogen-bond donors (Lipinski definition) is 0. The van der Waals surface area contributed by atoms with Gasteiger partial charge in [0.05, 0.1) is 17.5 Å². The molecule has 0 radical (unpaired) electrons. The van der Waals surface area contributed by atoms with Crippen LogP contribution in [-0.2, 0) is 21.2 Å². The van der Waals surface area contributed by atoms with Gasteiger partial charge in [-0.1, -0.05) is 38.1 Å². The lowest BCUT2D eigenvalue weighted by molar-refractivity contribution is -0.133. The summed E-state index contributed by atoms with van der Waals surface area (Å²) in [5.74, 6) is -0.474. The summed E-state index contributed by atoms with van der Waals surface area (Å²) < 4.78 is 41.6. The van der Waals surface area contributed by atoms with E-state index in [4.69, 9.17) is 0 Å². The van der Waals surface area contributed by atoms with Gasteiger partial charge in [0.15, 0.2) is 0 Å². The van der Waals surface area contributed by atoms with Gasteiger partial charge in [-0.25, -0.2) is 12.8 Å². The molecule has 35 heavy (non-hydrogen) atoms. The average Bonchev–Trinajstić information content (AvgIpc) is 3.30. The van der Waals surface area contributed by atoms with Gasteiger partial charge in [0.25, 0.3) is 0 Å². The van der Waals surface area contributed by atoms with Crippen LogP contribution >= 0.6 is 11.3 Å². The van der Waals surface area contributed by atoms with Gasteiger partial charge < -0.3 is 4.90 Å². The summed E-state index contributed by atoms with van der Waals surface area (Å²) in [5.41, 5.74) is 3.25. The maximum absolute atomic E-state index is 13.8. The Labute approximate surface area is 211 Å². The molecule has 2 aromatic carbocycles. The molecule has 3 aromatic rings. The highest BCUT2D eigenvalue weighted by Crippen LogP contribution is 2.39. The number of aryl methyl sites for hydroxylation is 1. The number of hydrogen-bond acceptors (Lipinski definition) is 4. The molecule has 0 N–H and O–H groups in total. The van der Waals surface area contributed by atoms with Crippen LogP contribution in [0, 0.1) is 18.7 Å². The number of rotatable bonds is 8. The van der Waals surface area contributed by atoms with Crippen molar-refractivity contribution in [3.8, 4) is 0 Å². The van der Waals surface area contributed by atoms with Crippen molar-refractivity contribution in [3.05, 3.63) is 87.4 Å². The third kappa shape index (κ3) is 5.50. The fourth-order valence-electron chi connectivity index (χ4n) is 4.50. The van der Waals surface area contributed by atoms with E-state index >= 15 is 0 Å². The zero-order valence-corrected chi connectivity index (χ0v) is 21.9. The van der Waals surface area contributed by atoms with Crippen molar-refractivity contribution in [2.45, 2.75) is 44.6 Å². The number of fused-ring (bicyclic) bond motifs is 1. The first-order valence-corrected chi connectivity index (χ1v) is 14.2. The predicted octanol–water partition coefficient (Wildman–Crippen LogP) is 5.41. The van der Waals surface area contributed by atoms with E-state index in [0.29, 0.717) is 13.0 Å². The quantitative estimate of drug-likeness (QED) is 0.404. The molecule has 5 nitrogen and oxygen atoms in total. The Bertz CT molecular complexity index is 1290. The molecule has 0 saturated heterocycles. The fraction of sp³-hybridized carbons (Fsp3) is 0.370. The van der Waals surface area contributed by atoms with Crippen LogP contribution in [0.25, 0.3) is 0 Å². The largest absolute Gasteiger partial charge is 0.330 e. The second-order valence-corrected chi connectivity index (χ2v) is 12.3. The Morgan fingerprint density at radius 3 is 2.51 bits per heavy atom. The Balaban J connectivity index is 1.67. The predicted molar refractivity (Wildman–Crippen MR) is 137 cm³/mol. The van der Waals surface area contributed by atoms with E-state index in [-0.39, 0.29) is 35.9 Å². The normalized spacial score (nSPS) is 16.1. The minimum Gasteiger partial charge on any atom is -0.330 e. The van der Waals surface area contributed by atoms with Gasteiger partial charge in [-0.15, -0.1) is 11.3 Å². The van der Waals surface area contributed by atoms with Crippen LogP contribution < -0.4 is 0 Å². The van der Waals surface area contributed by atoms with E-state index in [2.05, 4.69) is 11.4 Å². The monoisotopic (exact) mass is 514 g/mol. The van der Waals surface area contributed by atoms with Crippen LogP contribution in [0.15, 0.2) is 64.9 Å². The molecule has 0 saturated carbocycles. The van der Waals surface area contributed by atoms with Crippen LogP contribution in [0.1, 0.15) is 47.9 Å². The van der Waals surface area contributed by atoms with Gasteiger partial charge in [-0.3, -0.25) is 4.79 Å². The molecule has 0 spiro atoms. The number of nitrogens with zero attached hydrogens (tertiary/aromatic N) is 2. The number of amides is 1. The van der Waals surface area contributed by atoms with Crippen molar-refractivity contribution >= 4 is 27.3 Å². The number of carbonyl (C=O) groups excluding carboxylic acids is 1. The molecule has 0 bridgehead atoms. The molecular formula is C27H31FN2O3S2. The topological polar surface area (TPSA) is 57.7 Å². The average molecular weight is 515 g/mol. The Morgan fingerprint density at radius 1 is 1.11 bits per heavy atom. The second-order valence-electron chi connectivity index (χ2n) is 9.37. The van der Waals surface area contributed by atoms with Crippen molar-refractivity contribution in [1.29, 1.82) is 0 Å². The highest BCUT2D eigenvalue weighted by Gasteiger charge is 2.36. The Morgan fingerprint density at radius 2 is 1.83 bits per heavy atom. The number of thiophene rings is 1. The third-order valence-electron chi connectivity index (χ3n) is 6.49. The first-order valence-electron chi connectivity index (χ1n) is 11.9. The number of benzene rings is 2. The Kier molecular flexibility index (Phi) is 7.73. The highest BCUT2D eigenvalue weighted by molar-refractivity contribution is 7.89. The first-order chi connectivity index (χ1) is 16.7. The fourth-order valence-corrected chi connectivity index (χ4v) is 6.81. The summed E-state index contributed by atoms with van der Waals surface area (Å²) >= 11 is 1.70. The van der Waals surface area contributed by atoms with Crippen LogP contribution in [0.3, 0.4) is 0 Å². The molecule has 1 aromatic heterocycles. The van der Waals surface area contributed by atoms with Crippen molar-refractivity contribution in [2.24, 2.45) is 5.92 Å². The minimum atomic E-state index is -3.97. The summed E-state index contributed by atoms with van der Waals surface area (Å²) in [7, 11) is -3.97. The maximum Gasteiger partial charge on any atom is 0.243 e. The molecule has 1 aliphatic heterocycles. The molecule has 1 unspecified atom stereocenters. The first kappa shape index (κ1) is 25.5. The zero-order chi connectivity index (χ0) is 25.2. The molecule has 0 aliphatic carbocycles. The van der Waals surface area contributed by atoms with E-state index < -0.39 is 15.8 Å². The van der Waals surface area contributed by atoms with Crippen molar-refractivity contribution in [2.75, 3.05) is 19.6 Å². The molecule has 2 heterocycles. The summed E-state index contributed by atoms with van der Waals surface area (Å²) in [5, 5.41) is 2.05. The maximum atomic E-state index is 13.8. The molecule has 8 heteroatoms. The van der Waals surface area contributed by atoms with E-state index in [9.17, 15) is 17.6 Å². The second kappa shape index (κ2) is 10.6. The lowest BCUT2D eigenvalue weighted by Crippen LogP contribution is -2.47. The van der Waals surface area contributed by atoms with Gasteiger partial charge in [-0.05, 0) is 78.1 Å².